The molecule has 1 aliphatic carbocycles. The van der Waals surface area contributed by atoms with Gasteiger partial charge < -0.3 is 10.1 Å². The number of carbonyl (C=O) groups excluding carboxylic acids is 5. The van der Waals surface area contributed by atoms with Crippen LogP contribution in [0.25, 0.3) is 6.08 Å². The molecule has 4 fully saturated rings. The number of nitrogens with one attached hydrogen (secondary N) is 2. The van der Waals surface area contributed by atoms with E-state index in [2.05, 4.69) is 49.3 Å². The first-order valence-corrected chi connectivity index (χ1v) is 17.4. The third kappa shape index (κ3) is 6.42. The number of ether oxygens (including phenoxy) is 1. The molecule has 3 saturated heterocycles. The van der Waals surface area contributed by atoms with Crippen LogP contribution in [0.3, 0.4) is 0 Å². The van der Waals surface area contributed by atoms with Gasteiger partial charge in [0.05, 0.1) is 16.0 Å². The highest BCUT2D eigenvalue weighted by Gasteiger charge is 2.64. The van der Waals surface area contributed by atoms with Gasteiger partial charge in [0.25, 0.3) is 5.91 Å². The summed E-state index contributed by atoms with van der Waals surface area (Å²) < 4.78 is 6.33. The number of benzene rings is 2. The van der Waals surface area contributed by atoms with Crippen molar-refractivity contribution in [2.45, 2.75) is 78.0 Å². The van der Waals surface area contributed by atoms with Crippen molar-refractivity contribution in [3.05, 3.63) is 70.3 Å². The number of piperidine rings is 2. The Morgan fingerprint density at radius 3 is 2.36 bits per heavy atom. The molecule has 50 heavy (non-hydrogen) atoms. The zero-order valence-corrected chi connectivity index (χ0v) is 29.5. The molecule has 2 N–H and O–H groups in total. The molecule has 1 atom stereocenters. The van der Waals surface area contributed by atoms with Gasteiger partial charge in [-0.2, -0.15) is 5.26 Å². The van der Waals surface area contributed by atoms with Crippen LogP contribution in [-0.4, -0.2) is 77.2 Å². The number of likely N-dealkylation sites (tertiary alicyclic amines) is 2. The second-order valence-electron chi connectivity index (χ2n) is 15.1. The molecule has 1 unspecified atom stereocenters. The number of hydrogen-bond acceptors (Lipinski definition) is 8. The molecule has 6 rings (SSSR count). The van der Waals surface area contributed by atoms with E-state index in [0.717, 1.165) is 10.5 Å². The summed E-state index contributed by atoms with van der Waals surface area (Å²) in [6.45, 7) is 10.2. The van der Waals surface area contributed by atoms with Crippen LogP contribution in [0.5, 0.6) is 5.75 Å². The van der Waals surface area contributed by atoms with Crippen molar-refractivity contribution in [1.82, 2.24) is 20.4 Å². The van der Waals surface area contributed by atoms with Crippen molar-refractivity contribution in [3.63, 3.8) is 0 Å². The van der Waals surface area contributed by atoms with E-state index in [4.69, 9.17) is 21.6 Å². The number of imide groups is 2. The lowest BCUT2D eigenvalue weighted by Crippen LogP contribution is -2.74. The third-order valence-corrected chi connectivity index (χ3v) is 11.4. The summed E-state index contributed by atoms with van der Waals surface area (Å²) in [5, 5.41) is 15.0. The lowest BCUT2D eigenvalue weighted by atomic mass is 9.49. The molecule has 12 heteroatoms. The molecule has 262 valence electrons. The summed E-state index contributed by atoms with van der Waals surface area (Å²) in [7, 11) is 0. The molecule has 4 aliphatic rings. The van der Waals surface area contributed by atoms with E-state index in [1.165, 1.54) is 0 Å². The molecule has 1 saturated carbocycles. The first kappa shape index (κ1) is 35.3. The van der Waals surface area contributed by atoms with Crippen LogP contribution < -0.4 is 15.4 Å². The van der Waals surface area contributed by atoms with Crippen LogP contribution >= 0.6 is 11.6 Å². The van der Waals surface area contributed by atoms with Gasteiger partial charge in [-0.1, -0.05) is 63.6 Å². The highest BCUT2D eigenvalue weighted by atomic mass is 35.5. The largest absolute Gasteiger partial charge is 0.489 e. The van der Waals surface area contributed by atoms with Gasteiger partial charge in [-0.15, -0.1) is 0 Å². The van der Waals surface area contributed by atoms with E-state index >= 15 is 0 Å². The number of nitriles is 1. The topological polar surface area (TPSA) is 149 Å². The Hall–Kier alpha value is -4.53. The number of carbonyl (C=O) groups is 5. The Bertz CT molecular complexity index is 1790. The average Bonchev–Trinajstić information content (AvgIpc) is 3.31. The van der Waals surface area contributed by atoms with E-state index < -0.39 is 17.4 Å². The van der Waals surface area contributed by atoms with E-state index in [1.54, 1.807) is 18.2 Å². The monoisotopic (exact) mass is 699 g/mol. The second-order valence-corrected chi connectivity index (χ2v) is 15.5. The number of hydrogen-bond donors (Lipinski definition) is 2. The van der Waals surface area contributed by atoms with E-state index in [1.807, 2.05) is 36.4 Å². The summed E-state index contributed by atoms with van der Waals surface area (Å²) >= 11 is 6.21. The van der Waals surface area contributed by atoms with Crippen LogP contribution in [0.1, 0.15) is 81.3 Å². The van der Waals surface area contributed by atoms with E-state index in [0.29, 0.717) is 54.4 Å². The smallest absolute Gasteiger partial charge is 0.251 e. The zero-order chi connectivity index (χ0) is 36.0. The molecule has 11 nitrogen and oxygen atoms in total. The Morgan fingerprint density at radius 1 is 1.06 bits per heavy atom. The number of amides is 5. The lowest BCUT2D eigenvalue weighted by molar-refractivity contribution is -0.164. The Balaban J connectivity index is 0.989. The van der Waals surface area contributed by atoms with Crippen LogP contribution in [0.4, 0.5) is 0 Å². The molecule has 0 aromatic heterocycles. The summed E-state index contributed by atoms with van der Waals surface area (Å²) in [4.78, 5) is 66.8. The molecule has 2 aromatic rings. The maximum atomic E-state index is 13.4. The normalized spacial score (nSPS) is 25.7. The first-order valence-electron chi connectivity index (χ1n) is 17.0. The van der Waals surface area contributed by atoms with Crippen molar-refractivity contribution >= 4 is 47.2 Å². The van der Waals surface area contributed by atoms with Gasteiger partial charge in [0.2, 0.25) is 23.6 Å². The van der Waals surface area contributed by atoms with E-state index in [9.17, 15) is 24.0 Å². The minimum Gasteiger partial charge on any atom is -0.489 e. The quantitative estimate of drug-likeness (QED) is 0.383. The molecule has 2 aromatic carbocycles. The van der Waals surface area contributed by atoms with Crippen molar-refractivity contribution in [2.24, 2.45) is 16.2 Å². The summed E-state index contributed by atoms with van der Waals surface area (Å²) in [5.74, 6) is -1.16. The second kappa shape index (κ2) is 13.3. The molecular formula is C38H42ClN5O6. The van der Waals surface area contributed by atoms with Crippen molar-refractivity contribution in [1.29, 1.82) is 5.26 Å². The zero-order valence-electron chi connectivity index (χ0n) is 28.8. The highest BCUT2D eigenvalue weighted by Crippen LogP contribution is 2.55. The van der Waals surface area contributed by atoms with Crippen LogP contribution in [0, 0.1) is 27.6 Å². The summed E-state index contributed by atoms with van der Waals surface area (Å²) in [6.07, 6.45) is 5.30. The fraction of sp³-hybridized carbons (Fsp3) is 0.474. The molecule has 1 spiro atoms. The predicted molar refractivity (Wildman–Crippen MR) is 186 cm³/mol. The molecule has 5 amide bonds. The molecule has 0 bridgehead atoms. The van der Waals surface area contributed by atoms with Crippen molar-refractivity contribution in [2.75, 3.05) is 19.6 Å². The molecule has 3 heterocycles. The van der Waals surface area contributed by atoms with Gasteiger partial charge in [0.1, 0.15) is 24.0 Å². The molecular weight excluding hydrogens is 658 g/mol. The standard InChI is InChI=1S/C38H42ClN5O6/c1-36(2)33(37(3,4)34(36)50-26-12-11-25(22-40)27(39)20-26)42-31(47)24-9-7-23(8-10-24)6-5-17-43-18-15-38(16-19-43)21-30(46)44(35(38)49)28-13-14-29(45)41-32(28)48/h5-12,20,28,33-34H,13-19,21H2,1-4H3,(H,42,47)(H,41,45,48)/b6-5+/t28?,33-,34-. The minimum absolute atomic E-state index is 0.102. The SMILES string of the molecule is CC1(C)[C@H](NC(=O)c2ccc(/C=C/CN3CCC4(CC3)CC(=O)N(C3CCC(=O)NC3=O)C4=O)cc2)C(C)(C)[C@H]1Oc1ccc(C#N)c(Cl)c1. The maximum absolute atomic E-state index is 13.4. The number of halogens is 1. The van der Waals surface area contributed by atoms with E-state index in [-0.39, 0.29) is 65.9 Å². The Morgan fingerprint density at radius 2 is 1.74 bits per heavy atom. The summed E-state index contributed by atoms with van der Waals surface area (Å²) in [6, 6.07) is 13.4. The molecule has 0 radical (unpaired) electrons. The highest BCUT2D eigenvalue weighted by molar-refractivity contribution is 6.31. The predicted octanol–water partition coefficient (Wildman–Crippen LogP) is 4.48. The number of nitrogens with zero attached hydrogens (tertiary/aromatic N) is 3. The van der Waals surface area contributed by atoms with Gasteiger partial charge in [-0.05, 0) is 62.2 Å². The van der Waals surface area contributed by atoms with Gasteiger partial charge in [0.15, 0.2) is 0 Å². The first-order chi connectivity index (χ1) is 23.7. The Kier molecular flexibility index (Phi) is 9.39. The Labute approximate surface area is 297 Å². The van der Waals surface area contributed by atoms with Gasteiger partial charge >= 0.3 is 0 Å². The lowest BCUT2D eigenvalue weighted by Gasteiger charge is -2.63. The fourth-order valence-electron chi connectivity index (χ4n) is 8.51. The van der Waals surface area contributed by atoms with Crippen molar-refractivity contribution in [3.8, 4) is 11.8 Å². The number of rotatable bonds is 8. The van der Waals surface area contributed by atoms with Crippen molar-refractivity contribution < 1.29 is 28.7 Å². The van der Waals surface area contributed by atoms with Gasteiger partial charge in [-0.25, -0.2) is 0 Å². The third-order valence-electron chi connectivity index (χ3n) is 11.0. The van der Waals surface area contributed by atoms with Crippen LogP contribution in [0.2, 0.25) is 5.02 Å². The van der Waals surface area contributed by atoms with Gasteiger partial charge in [0, 0.05) is 47.9 Å². The summed E-state index contributed by atoms with van der Waals surface area (Å²) in [5.41, 5.74) is 0.365. The fourth-order valence-corrected chi connectivity index (χ4v) is 8.72. The average molecular weight is 700 g/mol. The molecule has 3 aliphatic heterocycles. The minimum atomic E-state index is -0.907. The van der Waals surface area contributed by atoms with Crippen LogP contribution in [0.15, 0.2) is 48.5 Å². The maximum Gasteiger partial charge on any atom is 0.251 e. The van der Waals surface area contributed by atoms with Gasteiger partial charge in [-0.3, -0.25) is 39.1 Å². The van der Waals surface area contributed by atoms with Crippen LogP contribution in [-0.2, 0) is 19.2 Å².